The Morgan fingerprint density at radius 3 is 1.97 bits per heavy atom. The molecule has 0 amide bonds. The molecule has 0 radical (unpaired) electrons. The summed E-state index contributed by atoms with van der Waals surface area (Å²) in [7, 11) is 0. The van der Waals surface area contributed by atoms with Gasteiger partial charge in [-0.1, -0.05) is 96.1 Å². The standard InChI is InChI=1S/C25H48O5/c1-2-3-4-5-6-7-8-9-10-11-12-13-14-15-16-17-18-19-29-23-21-30-25(24(23)28)22(27)20-26/h16-17,22-28H,2-15,18-21H2,1H3/b17-16+/t22-,23+,24+,25+/m0/s1. The zero-order valence-corrected chi connectivity index (χ0v) is 19.4. The predicted molar refractivity (Wildman–Crippen MR) is 123 cm³/mol. The van der Waals surface area contributed by atoms with E-state index in [2.05, 4.69) is 19.1 Å². The molecule has 0 aromatic carbocycles. The normalized spacial score (nSPS) is 22.9. The van der Waals surface area contributed by atoms with Crippen LogP contribution in [0.5, 0.6) is 0 Å². The van der Waals surface area contributed by atoms with E-state index in [-0.39, 0.29) is 6.61 Å². The Morgan fingerprint density at radius 1 is 0.867 bits per heavy atom. The van der Waals surface area contributed by atoms with Gasteiger partial charge in [-0.3, -0.25) is 0 Å². The van der Waals surface area contributed by atoms with Crippen LogP contribution in [0, 0.1) is 0 Å². The fraction of sp³-hybridized carbons (Fsp3) is 0.920. The van der Waals surface area contributed by atoms with E-state index < -0.39 is 31.0 Å². The van der Waals surface area contributed by atoms with Crippen LogP contribution in [0.4, 0.5) is 0 Å². The Labute approximate surface area is 184 Å². The van der Waals surface area contributed by atoms with E-state index >= 15 is 0 Å². The highest BCUT2D eigenvalue weighted by atomic mass is 16.6. The third kappa shape index (κ3) is 13.1. The lowest BCUT2D eigenvalue weighted by atomic mass is 10.0. The molecule has 30 heavy (non-hydrogen) atoms. The summed E-state index contributed by atoms with van der Waals surface area (Å²) < 4.78 is 11.0. The quantitative estimate of drug-likeness (QED) is 0.190. The van der Waals surface area contributed by atoms with Crippen molar-refractivity contribution in [2.45, 2.75) is 128 Å². The fourth-order valence-corrected chi connectivity index (χ4v) is 4.01. The highest BCUT2D eigenvalue weighted by molar-refractivity contribution is 4.89. The van der Waals surface area contributed by atoms with Crippen LogP contribution in [0.25, 0.3) is 0 Å². The first-order chi connectivity index (χ1) is 14.7. The van der Waals surface area contributed by atoms with Crippen LogP contribution in [-0.2, 0) is 9.47 Å². The molecule has 1 heterocycles. The van der Waals surface area contributed by atoms with Crippen LogP contribution in [0.15, 0.2) is 12.2 Å². The molecular formula is C25H48O5. The van der Waals surface area contributed by atoms with Crippen molar-refractivity contribution in [1.82, 2.24) is 0 Å². The number of aliphatic hydroxyl groups excluding tert-OH is 3. The third-order valence-corrected chi connectivity index (χ3v) is 5.99. The summed E-state index contributed by atoms with van der Waals surface area (Å²) in [4.78, 5) is 0. The van der Waals surface area contributed by atoms with Crippen LogP contribution < -0.4 is 0 Å². The summed E-state index contributed by atoms with van der Waals surface area (Å²) in [5.41, 5.74) is 0. The molecule has 5 heteroatoms. The summed E-state index contributed by atoms with van der Waals surface area (Å²) >= 11 is 0. The molecule has 1 rings (SSSR count). The smallest absolute Gasteiger partial charge is 0.114 e. The maximum absolute atomic E-state index is 10.1. The van der Waals surface area contributed by atoms with Gasteiger partial charge in [0.25, 0.3) is 0 Å². The summed E-state index contributed by atoms with van der Waals surface area (Å²) in [6.07, 6.45) is 21.2. The minimum absolute atomic E-state index is 0.256. The molecular weight excluding hydrogens is 380 g/mol. The van der Waals surface area contributed by atoms with Gasteiger partial charge in [-0.05, 0) is 19.3 Å². The minimum Gasteiger partial charge on any atom is -0.394 e. The maximum Gasteiger partial charge on any atom is 0.114 e. The monoisotopic (exact) mass is 428 g/mol. The first-order valence-electron chi connectivity index (χ1n) is 12.6. The van der Waals surface area contributed by atoms with Crippen LogP contribution in [0.1, 0.15) is 103 Å². The van der Waals surface area contributed by atoms with Gasteiger partial charge in [0, 0.05) is 0 Å². The van der Waals surface area contributed by atoms with E-state index in [9.17, 15) is 10.2 Å². The molecule has 0 spiro atoms. The predicted octanol–water partition coefficient (Wildman–Crippen LogP) is 4.91. The second-order valence-corrected chi connectivity index (χ2v) is 8.74. The summed E-state index contributed by atoms with van der Waals surface area (Å²) in [5, 5.41) is 28.6. The van der Waals surface area contributed by atoms with Gasteiger partial charge >= 0.3 is 0 Å². The van der Waals surface area contributed by atoms with E-state index in [0.29, 0.717) is 6.61 Å². The molecule has 0 aromatic rings. The lowest BCUT2D eigenvalue weighted by Crippen LogP contribution is -2.41. The number of ether oxygens (including phenoxy) is 2. The summed E-state index contributed by atoms with van der Waals surface area (Å²) in [6, 6.07) is 0. The molecule has 1 aliphatic heterocycles. The van der Waals surface area contributed by atoms with Crippen LogP contribution in [0.2, 0.25) is 0 Å². The van der Waals surface area contributed by atoms with Crippen molar-refractivity contribution in [3.63, 3.8) is 0 Å². The Hall–Kier alpha value is -0.460. The average Bonchev–Trinajstić information content (AvgIpc) is 3.12. The van der Waals surface area contributed by atoms with Gasteiger partial charge < -0.3 is 24.8 Å². The molecule has 0 bridgehead atoms. The molecule has 0 aliphatic carbocycles. The molecule has 0 saturated carbocycles. The van der Waals surface area contributed by atoms with E-state index in [1.54, 1.807) is 0 Å². The van der Waals surface area contributed by atoms with Crippen molar-refractivity contribution < 1.29 is 24.8 Å². The Balaban J connectivity index is 1.83. The molecule has 5 nitrogen and oxygen atoms in total. The third-order valence-electron chi connectivity index (χ3n) is 5.99. The molecule has 4 atom stereocenters. The molecule has 0 aromatic heterocycles. The lowest BCUT2D eigenvalue weighted by molar-refractivity contribution is -0.0726. The van der Waals surface area contributed by atoms with E-state index in [1.165, 1.54) is 83.5 Å². The fourth-order valence-electron chi connectivity index (χ4n) is 4.01. The average molecular weight is 429 g/mol. The number of hydrogen-bond acceptors (Lipinski definition) is 5. The van der Waals surface area contributed by atoms with Crippen molar-refractivity contribution in [3.8, 4) is 0 Å². The van der Waals surface area contributed by atoms with Gasteiger partial charge in [-0.2, -0.15) is 0 Å². The Bertz CT molecular complexity index is 401. The van der Waals surface area contributed by atoms with Gasteiger partial charge in [0.2, 0.25) is 0 Å². The highest BCUT2D eigenvalue weighted by Gasteiger charge is 2.40. The SMILES string of the molecule is CCCCCCCCCCCCCCC/C=C/CCO[C@@H]1CO[C@H]([C@@H](O)CO)[C@@H]1O. The molecule has 1 saturated heterocycles. The van der Waals surface area contributed by atoms with Crippen LogP contribution in [0.3, 0.4) is 0 Å². The van der Waals surface area contributed by atoms with Crippen LogP contribution in [-0.4, -0.2) is 59.6 Å². The van der Waals surface area contributed by atoms with Crippen molar-refractivity contribution in [2.75, 3.05) is 19.8 Å². The van der Waals surface area contributed by atoms with E-state index in [1.807, 2.05) is 0 Å². The molecule has 1 aliphatic rings. The van der Waals surface area contributed by atoms with Crippen molar-refractivity contribution in [3.05, 3.63) is 12.2 Å². The summed E-state index contributed by atoms with van der Waals surface area (Å²) in [5.74, 6) is 0. The first kappa shape index (κ1) is 27.6. The van der Waals surface area contributed by atoms with Gasteiger partial charge in [0.1, 0.15) is 24.4 Å². The van der Waals surface area contributed by atoms with E-state index in [0.717, 1.165) is 12.8 Å². The summed E-state index contributed by atoms with van der Waals surface area (Å²) in [6.45, 7) is 2.64. The Morgan fingerprint density at radius 2 is 1.40 bits per heavy atom. The zero-order chi connectivity index (χ0) is 21.9. The second kappa shape index (κ2) is 19.2. The lowest BCUT2D eigenvalue weighted by Gasteiger charge is -2.20. The van der Waals surface area contributed by atoms with Gasteiger partial charge in [0.15, 0.2) is 0 Å². The van der Waals surface area contributed by atoms with Gasteiger partial charge in [-0.15, -0.1) is 0 Å². The first-order valence-corrected chi connectivity index (χ1v) is 12.6. The highest BCUT2D eigenvalue weighted by Crippen LogP contribution is 2.20. The van der Waals surface area contributed by atoms with Crippen molar-refractivity contribution in [2.24, 2.45) is 0 Å². The molecule has 3 N–H and O–H groups in total. The van der Waals surface area contributed by atoms with Gasteiger partial charge in [-0.25, -0.2) is 0 Å². The number of allylic oxidation sites excluding steroid dienone is 1. The molecule has 1 fully saturated rings. The van der Waals surface area contributed by atoms with Crippen LogP contribution >= 0.6 is 0 Å². The maximum atomic E-state index is 10.1. The number of hydrogen-bond donors (Lipinski definition) is 3. The van der Waals surface area contributed by atoms with E-state index in [4.69, 9.17) is 14.6 Å². The largest absolute Gasteiger partial charge is 0.394 e. The molecule has 178 valence electrons. The van der Waals surface area contributed by atoms with Crippen molar-refractivity contribution in [1.29, 1.82) is 0 Å². The minimum atomic E-state index is -1.06. The Kier molecular flexibility index (Phi) is 17.7. The number of rotatable bonds is 20. The van der Waals surface area contributed by atoms with Crippen molar-refractivity contribution >= 4 is 0 Å². The zero-order valence-electron chi connectivity index (χ0n) is 19.4. The number of unbranched alkanes of at least 4 members (excludes halogenated alkanes) is 13. The van der Waals surface area contributed by atoms with Gasteiger partial charge in [0.05, 0.1) is 19.8 Å². The molecule has 0 unspecified atom stereocenters. The number of aliphatic hydroxyl groups is 3. The topological polar surface area (TPSA) is 79.2 Å². The second-order valence-electron chi connectivity index (χ2n) is 8.74.